The van der Waals surface area contributed by atoms with Crippen molar-refractivity contribution in [3.8, 4) is 0 Å². The van der Waals surface area contributed by atoms with Crippen LogP contribution in [0.4, 0.5) is 0 Å². The third-order valence-corrected chi connectivity index (χ3v) is 5.09. The van der Waals surface area contributed by atoms with Crippen LogP contribution < -0.4 is 5.09 Å². The molecular formula is C14H28N5P. The van der Waals surface area contributed by atoms with Crippen LogP contribution in [0.5, 0.6) is 0 Å². The van der Waals surface area contributed by atoms with Gasteiger partial charge in [0.2, 0.25) is 0 Å². The minimum Gasteiger partial charge on any atom is -0.297 e. The minimum atomic E-state index is 0.455. The Kier molecular flexibility index (Phi) is 6.37. The van der Waals surface area contributed by atoms with E-state index in [1.807, 2.05) is 11.6 Å². The Balaban J connectivity index is 2.05. The number of hydrogen-bond acceptors (Lipinski definition) is 4. The molecule has 6 heteroatoms. The molecule has 0 bridgehead atoms. The fourth-order valence-corrected chi connectivity index (χ4v) is 3.76. The zero-order valence-corrected chi connectivity index (χ0v) is 13.9. The van der Waals surface area contributed by atoms with Gasteiger partial charge < -0.3 is 0 Å². The Morgan fingerprint density at radius 3 is 2.50 bits per heavy atom. The van der Waals surface area contributed by atoms with Gasteiger partial charge in [-0.1, -0.05) is 42.0 Å². The second kappa shape index (κ2) is 8.04. The van der Waals surface area contributed by atoms with Crippen molar-refractivity contribution in [2.45, 2.75) is 77.3 Å². The molecule has 0 aliphatic heterocycles. The molecule has 114 valence electrons. The molecular weight excluding hydrogens is 269 g/mol. The van der Waals surface area contributed by atoms with Crippen molar-refractivity contribution in [3.05, 3.63) is 5.82 Å². The van der Waals surface area contributed by atoms with E-state index >= 15 is 0 Å². The van der Waals surface area contributed by atoms with Gasteiger partial charge in [0.15, 0.2) is 0 Å². The quantitative estimate of drug-likeness (QED) is 0.852. The predicted molar refractivity (Wildman–Crippen MR) is 84.3 cm³/mol. The second-order valence-corrected chi connectivity index (χ2v) is 6.48. The first-order valence-electron chi connectivity index (χ1n) is 7.93. The molecule has 2 rings (SSSR count). The van der Waals surface area contributed by atoms with Gasteiger partial charge >= 0.3 is 0 Å². The van der Waals surface area contributed by atoms with Gasteiger partial charge in [0, 0.05) is 6.04 Å². The highest BCUT2D eigenvalue weighted by atomic mass is 31.0. The van der Waals surface area contributed by atoms with Crippen molar-refractivity contribution in [1.29, 1.82) is 0 Å². The van der Waals surface area contributed by atoms with Gasteiger partial charge in [0.25, 0.3) is 0 Å². The average Bonchev–Trinajstić information content (AvgIpc) is 2.84. The van der Waals surface area contributed by atoms with Crippen molar-refractivity contribution in [2.24, 2.45) is 5.92 Å². The largest absolute Gasteiger partial charge is 0.297 e. The summed E-state index contributed by atoms with van der Waals surface area (Å²) in [5, 5.41) is 15.5. The van der Waals surface area contributed by atoms with E-state index in [4.69, 9.17) is 0 Å². The molecule has 1 saturated carbocycles. The summed E-state index contributed by atoms with van der Waals surface area (Å²) < 4.78 is 2.03. The van der Waals surface area contributed by atoms with E-state index in [2.05, 4.69) is 36.9 Å². The number of rotatable bonds is 2. The first-order valence-corrected chi connectivity index (χ1v) is 8.50. The summed E-state index contributed by atoms with van der Waals surface area (Å²) in [7, 11) is 2.70. The van der Waals surface area contributed by atoms with Crippen LogP contribution in [-0.4, -0.2) is 26.2 Å². The number of tetrazole rings is 1. The van der Waals surface area contributed by atoms with E-state index in [9.17, 15) is 0 Å². The van der Waals surface area contributed by atoms with Gasteiger partial charge in [-0.25, -0.2) is 4.68 Å². The van der Waals surface area contributed by atoms with E-state index in [1.165, 1.54) is 44.9 Å². The molecule has 5 nitrogen and oxygen atoms in total. The van der Waals surface area contributed by atoms with Gasteiger partial charge in [0.05, 0.1) is 6.04 Å². The summed E-state index contributed by atoms with van der Waals surface area (Å²) in [6.45, 7) is 4.37. The third kappa shape index (κ3) is 4.23. The Hall–Kier alpha value is -0.540. The van der Waals surface area contributed by atoms with Crippen LogP contribution in [0.2, 0.25) is 0 Å². The molecule has 0 aromatic carbocycles. The zero-order valence-electron chi connectivity index (χ0n) is 12.8. The Morgan fingerprint density at radius 1 is 1.10 bits per heavy atom. The zero-order chi connectivity index (χ0) is 14.4. The van der Waals surface area contributed by atoms with Crippen LogP contribution in [0.1, 0.15) is 70.2 Å². The standard InChI is InChI=1S/C14H28N5P/c1-11-7-5-3-4-6-8-13(9-10-14(11)16-20)19-12(2)15-17-18-19/h11,13-14,16H,3-10,20H2,1-2H3. The average molecular weight is 297 g/mol. The summed E-state index contributed by atoms with van der Waals surface area (Å²) in [6.07, 6.45) is 10.2. The summed E-state index contributed by atoms with van der Waals surface area (Å²) in [4.78, 5) is 0. The Labute approximate surface area is 124 Å². The number of aryl methyl sites for hydroxylation is 1. The SMILES string of the molecule is Cc1nnnn1C1CCCCCCC(C)C(NP)CC1. The second-order valence-electron chi connectivity index (χ2n) is 6.14. The molecule has 1 aromatic heterocycles. The van der Waals surface area contributed by atoms with E-state index in [1.54, 1.807) is 0 Å². The molecule has 1 fully saturated rings. The third-order valence-electron chi connectivity index (χ3n) is 4.66. The summed E-state index contributed by atoms with van der Waals surface area (Å²) in [6, 6.07) is 1.04. The maximum atomic E-state index is 4.19. The van der Waals surface area contributed by atoms with Crippen molar-refractivity contribution in [1.82, 2.24) is 25.3 Å². The molecule has 20 heavy (non-hydrogen) atoms. The fraction of sp³-hybridized carbons (Fsp3) is 0.929. The molecule has 1 heterocycles. The summed E-state index contributed by atoms with van der Waals surface area (Å²) >= 11 is 0. The van der Waals surface area contributed by atoms with Crippen LogP contribution in [0.25, 0.3) is 0 Å². The Morgan fingerprint density at radius 2 is 1.85 bits per heavy atom. The van der Waals surface area contributed by atoms with Crippen LogP contribution in [0.3, 0.4) is 0 Å². The molecule has 0 amide bonds. The van der Waals surface area contributed by atoms with Gasteiger partial charge in [0.1, 0.15) is 5.82 Å². The normalized spacial score (nSPS) is 29.9. The lowest BCUT2D eigenvalue weighted by Gasteiger charge is -2.25. The van der Waals surface area contributed by atoms with E-state index < -0.39 is 0 Å². The maximum Gasteiger partial charge on any atom is 0.148 e. The highest BCUT2D eigenvalue weighted by molar-refractivity contribution is 7.13. The Bertz CT molecular complexity index is 395. The number of aromatic nitrogens is 4. The van der Waals surface area contributed by atoms with Crippen LogP contribution in [0, 0.1) is 12.8 Å². The molecule has 1 aliphatic carbocycles. The smallest absolute Gasteiger partial charge is 0.148 e. The van der Waals surface area contributed by atoms with Crippen LogP contribution in [0.15, 0.2) is 0 Å². The fourth-order valence-electron chi connectivity index (χ4n) is 3.27. The highest BCUT2D eigenvalue weighted by Gasteiger charge is 2.21. The van der Waals surface area contributed by atoms with Crippen molar-refractivity contribution in [2.75, 3.05) is 0 Å². The lowest BCUT2D eigenvalue weighted by atomic mass is 9.92. The predicted octanol–water partition coefficient (Wildman–Crippen LogP) is 3.04. The molecule has 4 unspecified atom stereocenters. The van der Waals surface area contributed by atoms with Crippen molar-refractivity contribution in [3.63, 3.8) is 0 Å². The summed E-state index contributed by atoms with van der Waals surface area (Å²) in [5.41, 5.74) is 0. The molecule has 1 aromatic rings. The summed E-state index contributed by atoms with van der Waals surface area (Å²) in [5.74, 6) is 1.68. The van der Waals surface area contributed by atoms with Gasteiger partial charge in [-0.05, 0) is 49.0 Å². The van der Waals surface area contributed by atoms with Crippen molar-refractivity contribution < 1.29 is 0 Å². The highest BCUT2D eigenvalue weighted by Crippen LogP contribution is 2.27. The minimum absolute atomic E-state index is 0.455. The van der Waals surface area contributed by atoms with Crippen LogP contribution in [-0.2, 0) is 0 Å². The lowest BCUT2D eigenvalue weighted by molar-refractivity contribution is 0.321. The molecule has 1 aliphatic rings. The molecule has 1 N–H and O–H groups in total. The number of nitrogens with zero attached hydrogens (tertiary/aromatic N) is 4. The number of nitrogens with one attached hydrogen (secondary N) is 1. The van der Waals surface area contributed by atoms with Gasteiger partial charge in [-0.2, -0.15) is 0 Å². The molecule has 0 spiro atoms. The van der Waals surface area contributed by atoms with E-state index in [0.717, 1.165) is 18.2 Å². The molecule has 0 saturated heterocycles. The number of hydrogen-bond donors (Lipinski definition) is 1. The monoisotopic (exact) mass is 297 g/mol. The lowest BCUT2D eigenvalue weighted by Crippen LogP contribution is -2.29. The van der Waals surface area contributed by atoms with Gasteiger partial charge in [-0.15, -0.1) is 5.10 Å². The first kappa shape index (κ1) is 15.8. The van der Waals surface area contributed by atoms with Crippen LogP contribution >= 0.6 is 9.39 Å². The van der Waals surface area contributed by atoms with E-state index in [0.29, 0.717) is 12.1 Å². The first-order chi connectivity index (χ1) is 9.72. The molecule has 0 radical (unpaired) electrons. The molecule has 4 atom stereocenters. The van der Waals surface area contributed by atoms with Crippen molar-refractivity contribution >= 4 is 9.39 Å². The van der Waals surface area contributed by atoms with E-state index in [-0.39, 0.29) is 0 Å². The topological polar surface area (TPSA) is 55.6 Å². The van der Waals surface area contributed by atoms with Gasteiger partial charge in [-0.3, -0.25) is 5.09 Å². The maximum absolute atomic E-state index is 4.19.